The van der Waals surface area contributed by atoms with E-state index in [1.165, 1.54) is 0 Å². The van der Waals surface area contributed by atoms with Gasteiger partial charge in [-0.1, -0.05) is 51.5 Å². The summed E-state index contributed by atoms with van der Waals surface area (Å²) >= 11 is 0. The van der Waals surface area contributed by atoms with Gasteiger partial charge in [0.25, 0.3) is 0 Å². The number of hydrogen-bond acceptors (Lipinski definition) is 2. The highest BCUT2D eigenvalue weighted by Gasteiger charge is 2.30. The van der Waals surface area contributed by atoms with Gasteiger partial charge in [-0.05, 0) is 29.9 Å². The van der Waals surface area contributed by atoms with Crippen molar-refractivity contribution in [3.8, 4) is 0 Å². The smallest absolute Gasteiger partial charge is 0.224 e. The predicted molar refractivity (Wildman–Crippen MR) is 84.8 cm³/mol. The summed E-state index contributed by atoms with van der Waals surface area (Å²) in [6, 6.07) is 7.61. The number of allylic oxidation sites excluding steroid dienone is 2. The van der Waals surface area contributed by atoms with Crippen LogP contribution >= 0.6 is 0 Å². The van der Waals surface area contributed by atoms with Crippen molar-refractivity contribution in [2.75, 3.05) is 0 Å². The molecule has 112 valence electrons. The quantitative estimate of drug-likeness (QED) is 0.860. The monoisotopic (exact) mass is 285 g/mol. The maximum Gasteiger partial charge on any atom is 0.224 e. The number of carbonyl (C=O) groups excluding carboxylic acids is 2. The predicted octanol–water partition coefficient (Wildman–Crippen LogP) is 3.95. The lowest BCUT2D eigenvalue weighted by Crippen LogP contribution is -2.26. The van der Waals surface area contributed by atoms with Crippen LogP contribution in [-0.2, 0) is 4.79 Å². The summed E-state index contributed by atoms with van der Waals surface area (Å²) in [5.74, 6) is 0.321. The van der Waals surface area contributed by atoms with Crippen molar-refractivity contribution in [1.82, 2.24) is 5.32 Å². The third kappa shape index (κ3) is 3.41. The first-order valence-electron chi connectivity index (χ1n) is 7.71. The molecular weight excluding hydrogens is 262 g/mol. The molecule has 0 radical (unpaired) electrons. The molecule has 0 saturated heterocycles. The number of carbonyl (C=O) groups is 2. The molecule has 0 bridgehead atoms. The van der Waals surface area contributed by atoms with E-state index in [9.17, 15) is 9.59 Å². The Morgan fingerprint density at radius 3 is 2.48 bits per heavy atom. The molecule has 3 heteroatoms. The van der Waals surface area contributed by atoms with E-state index in [0.717, 1.165) is 30.4 Å². The minimum Gasteiger partial charge on any atom is -0.323 e. The van der Waals surface area contributed by atoms with E-state index < -0.39 is 0 Å². The van der Waals surface area contributed by atoms with Gasteiger partial charge in [0.1, 0.15) is 0 Å². The first-order valence-corrected chi connectivity index (χ1v) is 7.71. The molecule has 2 rings (SSSR count). The molecule has 3 nitrogen and oxygen atoms in total. The van der Waals surface area contributed by atoms with Gasteiger partial charge in [-0.3, -0.25) is 9.59 Å². The van der Waals surface area contributed by atoms with Crippen molar-refractivity contribution < 1.29 is 9.59 Å². The Labute approximate surface area is 126 Å². The molecule has 0 spiro atoms. The number of hydrogen-bond donors (Lipinski definition) is 1. The van der Waals surface area contributed by atoms with Crippen LogP contribution in [0.4, 0.5) is 0 Å². The van der Waals surface area contributed by atoms with E-state index in [4.69, 9.17) is 0 Å². The highest BCUT2D eigenvalue weighted by atomic mass is 16.2. The van der Waals surface area contributed by atoms with Gasteiger partial charge in [-0.2, -0.15) is 0 Å². The molecule has 1 aromatic carbocycles. The maximum atomic E-state index is 12.5. The zero-order chi connectivity index (χ0) is 15.4. The molecule has 0 saturated carbocycles. The number of fused-ring (bicyclic) bond motifs is 1. The Morgan fingerprint density at radius 1 is 1.19 bits per heavy atom. The van der Waals surface area contributed by atoms with Crippen LogP contribution in [0.5, 0.6) is 0 Å². The van der Waals surface area contributed by atoms with Gasteiger partial charge < -0.3 is 5.32 Å². The largest absolute Gasteiger partial charge is 0.323 e. The van der Waals surface area contributed by atoms with Gasteiger partial charge in [0.05, 0.1) is 5.70 Å². The summed E-state index contributed by atoms with van der Waals surface area (Å²) in [5, 5.41) is 2.86. The van der Waals surface area contributed by atoms with Crippen LogP contribution in [0.2, 0.25) is 0 Å². The minimum atomic E-state index is -0.0609. The highest BCUT2D eigenvalue weighted by molar-refractivity contribution is 6.21. The van der Waals surface area contributed by atoms with E-state index in [0.29, 0.717) is 23.6 Å². The molecule has 0 aliphatic heterocycles. The zero-order valence-electron chi connectivity index (χ0n) is 13.0. The average Bonchev–Trinajstić information content (AvgIpc) is 2.71. The number of nitrogens with one attached hydrogen (secondary N) is 1. The fraction of sp³-hybridized carbons (Fsp3) is 0.444. The van der Waals surface area contributed by atoms with E-state index >= 15 is 0 Å². The molecule has 1 aliphatic rings. The molecule has 1 amide bonds. The van der Waals surface area contributed by atoms with Crippen molar-refractivity contribution >= 4 is 17.3 Å². The molecule has 1 aliphatic carbocycles. The Hall–Kier alpha value is -1.90. The number of amides is 1. The summed E-state index contributed by atoms with van der Waals surface area (Å²) < 4.78 is 0. The second-order valence-corrected chi connectivity index (χ2v) is 5.98. The van der Waals surface area contributed by atoms with Crippen LogP contribution in [0.15, 0.2) is 30.0 Å². The Bertz CT molecular complexity index is 585. The topological polar surface area (TPSA) is 46.2 Å². The minimum absolute atomic E-state index is 0.0499. The van der Waals surface area contributed by atoms with Crippen LogP contribution in [0.1, 0.15) is 62.4 Å². The molecule has 0 fully saturated rings. The molecule has 1 aromatic rings. The molecule has 0 heterocycles. The first kappa shape index (κ1) is 15.5. The van der Waals surface area contributed by atoms with Crippen molar-refractivity contribution in [3.63, 3.8) is 0 Å². The Morgan fingerprint density at radius 2 is 1.86 bits per heavy atom. The van der Waals surface area contributed by atoms with E-state index in [1.54, 1.807) is 0 Å². The molecule has 21 heavy (non-hydrogen) atoms. The molecular formula is C18H23NO2. The fourth-order valence-corrected chi connectivity index (χ4v) is 2.64. The number of Topliss-reactive ketones (excluding diaryl/α,β-unsaturated/α-hetero) is 1. The number of ketones is 1. The van der Waals surface area contributed by atoms with E-state index in [-0.39, 0.29) is 11.7 Å². The lowest BCUT2D eigenvalue weighted by Gasteiger charge is -2.11. The summed E-state index contributed by atoms with van der Waals surface area (Å²) in [6.45, 7) is 6.29. The summed E-state index contributed by atoms with van der Waals surface area (Å²) in [6.07, 6.45) is 3.09. The van der Waals surface area contributed by atoms with Gasteiger partial charge >= 0.3 is 0 Å². The lowest BCUT2D eigenvalue weighted by molar-refractivity contribution is -0.120. The van der Waals surface area contributed by atoms with Gasteiger partial charge in [0.15, 0.2) is 0 Å². The molecule has 0 atom stereocenters. The van der Waals surface area contributed by atoms with Crippen molar-refractivity contribution in [3.05, 3.63) is 41.1 Å². The second-order valence-electron chi connectivity index (χ2n) is 5.98. The van der Waals surface area contributed by atoms with Gasteiger partial charge in [0.2, 0.25) is 11.7 Å². The normalized spacial score (nSPS) is 13.8. The first-order chi connectivity index (χ1) is 10.0. The SMILES string of the molecule is CCCCC(=O)NC1=C(CC(C)C)c2ccccc2C1=O. The summed E-state index contributed by atoms with van der Waals surface area (Å²) in [7, 11) is 0. The second kappa shape index (κ2) is 6.70. The zero-order valence-corrected chi connectivity index (χ0v) is 13.0. The van der Waals surface area contributed by atoms with E-state index in [2.05, 4.69) is 19.2 Å². The van der Waals surface area contributed by atoms with Crippen molar-refractivity contribution in [2.24, 2.45) is 5.92 Å². The van der Waals surface area contributed by atoms with Crippen LogP contribution < -0.4 is 5.32 Å². The summed E-state index contributed by atoms with van der Waals surface area (Å²) in [4.78, 5) is 24.5. The van der Waals surface area contributed by atoms with Gasteiger partial charge in [-0.25, -0.2) is 0 Å². The highest BCUT2D eigenvalue weighted by Crippen LogP contribution is 2.35. The van der Waals surface area contributed by atoms with Crippen molar-refractivity contribution in [2.45, 2.75) is 46.5 Å². The number of benzene rings is 1. The third-order valence-corrected chi connectivity index (χ3v) is 3.66. The number of rotatable bonds is 6. The summed E-state index contributed by atoms with van der Waals surface area (Å²) in [5.41, 5.74) is 3.15. The van der Waals surface area contributed by atoms with Crippen LogP contribution in [-0.4, -0.2) is 11.7 Å². The lowest BCUT2D eigenvalue weighted by atomic mass is 9.97. The van der Waals surface area contributed by atoms with E-state index in [1.807, 2.05) is 31.2 Å². The number of unbranched alkanes of at least 4 members (excludes halogenated alkanes) is 1. The average molecular weight is 285 g/mol. The fourth-order valence-electron chi connectivity index (χ4n) is 2.64. The maximum absolute atomic E-state index is 12.5. The third-order valence-electron chi connectivity index (χ3n) is 3.66. The van der Waals surface area contributed by atoms with Crippen LogP contribution in [0.3, 0.4) is 0 Å². The Kier molecular flexibility index (Phi) is 4.94. The van der Waals surface area contributed by atoms with Gasteiger partial charge in [0, 0.05) is 12.0 Å². The van der Waals surface area contributed by atoms with Crippen LogP contribution in [0.25, 0.3) is 5.57 Å². The van der Waals surface area contributed by atoms with Crippen molar-refractivity contribution in [1.29, 1.82) is 0 Å². The standard InChI is InChI=1S/C18H23NO2/c1-4-5-10-16(20)19-17-15(11-12(2)3)13-8-6-7-9-14(13)18(17)21/h6-9,12H,4-5,10-11H2,1-3H3,(H,19,20,21). The molecule has 0 aromatic heterocycles. The Balaban J connectivity index is 2.30. The molecule has 1 N–H and O–H groups in total. The van der Waals surface area contributed by atoms with Gasteiger partial charge in [-0.15, -0.1) is 0 Å². The van der Waals surface area contributed by atoms with Crippen LogP contribution in [0, 0.1) is 5.92 Å². The molecule has 0 unspecified atom stereocenters.